The summed E-state index contributed by atoms with van der Waals surface area (Å²) in [5, 5.41) is 2.63. The molecule has 5 nitrogen and oxygen atoms in total. The number of thiazole rings is 1. The van der Waals surface area contributed by atoms with Crippen molar-refractivity contribution in [2.75, 3.05) is 7.05 Å². The Morgan fingerprint density at radius 1 is 1.17 bits per heavy atom. The molecule has 0 bridgehead atoms. The number of carbonyl (C=O) groups is 2. The molecule has 0 spiro atoms. The van der Waals surface area contributed by atoms with E-state index in [0.717, 1.165) is 37.9 Å². The van der Waals surface area contributed by atoms with Gasteiger partial charge >= 0.3 is 0 Å². The molecule has 0 saturated heterocycles. The Hall–Kier alpha value is -2.99. The van der Waals surface area contributed by atoms with Gasteiger partial charge in [-0.25, -0.2) is 4.98 Å². The van der Waals surface area contributed by atoms with E-state index in [2.05, 4.69) is 16.6 Å². The van der Waals surface area contributed by atoms with Crippen LogP contribution in [0.1, 0.15) is 46.9 Å². The fraction of sp³-hybridized carbons (Fsp3) is 0.292. The topological polar surface area (TPSA) is 63.5 Å². The molecule has 2 heterocycles. The summed E-state index contributed by atoms with van der Waals surface area (Å²) in [7, 11) is 1.62. The van der Waals surface area contributed by atoms with Crippen LogP contribution in [0.3, 0.4) is 0 Å². The van der Waals surface area contributed by atoms with Crippen LogP contribution in [0.4, 0.5) is 0 Å². The van der Waals surface area contributed by atoms with Crippen molar-refractivity contribution < 1.29 is 9.59 Å². The number of nitrogens with one attached hydrogen (secondary N) is 1. The minimum Gasteiger partial charge on any atom is -0.355 e. The Morgan fingerprint density at radius 2 is 1.90 bits per heavy atom. The number of Topliss-reactive ketones (excluding diaryl/α,β-unsaturated/α-hetero) is 1. The molecular weight excluding hydrogens is 394 g/mol. The van der Waals surface area contributed by atoms with Gasteiger partial charge in [0, 0.05) is 36.4 Å². The minimum absolute atomic E-state index is 0.102. The summed E-state index contributed by atoms with van der Waals surface area (Å²) in [6.07, 6.45) is 5.19. The number of ketones is 1. The highest BCUT2D eigenvalue weighted by molar-refractivity contribution is 7.23. The van der Waals surface area contributed by atoms with Crippen LogP contribution < -0.4 is 5.32 Å². The Kier molecular flexibility index (Phi) is 4.66. The molecule has 1 amide bonds. The number of carbonyl (C=O) groups excluding carboxylic acids is 2. The fourth-order valence-corrected chi connectivity index (χ4v) is 5.04. The van der Waals surface area contributed by atoms with Crippen molar-refractivity contribution in [2.45, 2.75) is 26.2 Å². The second-order valence-electron chi connectivity index (χ2n) is 8.16. The molecule has 2 aromatic heterocycles. The Morgan fingerprint density at radius 3 is 2.60 bits per heavy atom. The zero-order chi connectivity index (χ0) is 20.8. The van der Waals surface area contributed by atoms with Gasteiger partial charge in [-0.05, 0) is 55.0 Å². The maximum atomic E-state index is 12.7. The second kappa shape index (κ2) is 7.36. The zero-order valence-electron chi connectivity index (χ0n) is 17.0. The summed E-state index contributed by atoms with van der Waals surface area (Å²) in [6, 6.07) is 13.4. The summed E-state index contributed by atoms with van der Waals surface area (Å²) in [5.74, 6) is 1.35. The lowest BCUT2D eigenvalue weighted by Crippen LogP contribution is -2.17. The van der Waals surface area contributed by atoms with Crippen LogP contribution in [0.25, 0.3) is 26.4 Å². The average Bonchev–Trinajstić information content (AvgIpc) is 3.45. The molecule has 1 saturated carbocycles. The molecule has 6 heteroatoms. The minimum atomic E-state index is -0.102. The molecule has 0 radical (unpaired) electrons. The van der Waals surface area contributed by atoms with Crippen LogP contribution in [0, 0.1) is 11.8 Å². The van der Waals surface area contributed by atoms with Crippen molar-refractivity contribution in [3.63, 3.8) is 0 Å². The highest BCUT2D eigenvalue weighted by Crippen LogP contribution is 2.39. The monoisotopic (exact) mass is 417 g/mol. The molecule has 30 heavy (non-hydrogen) atoms. The lowest BCUT2D eigenvalue weighted by Gasteiger charge is -2.08. The summed E-state index contributed by atoms with van der Waals surface area (Å²) in [4.78, 5) is 30.1. The average molecular weight is 418 g/mol. The first-order valence-electron chi connectivity index (χ1n) is 10.3. The number of amides is 1. The first-order valence-corrected chi connectivity index (χ1v) is 11.1. The van der Waals surface area contributed by atoms with E-state index in [1.165, 1.54) is 12.8 Å². The molecule has 1 N–H and O–H groups in total. The van der Waals surface area contributed by atoms with Gasteiger partial charge in [0.2, 0.25) is 0 Å². The van der Waals surface area contributed by atoms with Crippen molar-refractivity contribution >= 4 is 38.2 Å². The number of hydrogen-bond donors (Lipinski definition) is 1. The van der Waals surface area contributed by atoms with Gasteiger partial charge in [0.15, 0.2) is 10.7 Å². The fourth-order valence-electron chi connectivity index (χ4n) is 3.99. The molecule has 1 aliphatic carbocycles. The number of hydrogen-bond acceptors (Lipinski definition) is 4. The summed E-state index contributed by atoms with van der Waals surface area (Å²) < 4.78 is 3.15. The van der Waals surface area contributed by atoms with Crippen LogP contribution >= 0.6 is 11.3 Å². The third-order valence-electron chi connectivity index (χ3n) is 6.02. The smallest absolute Gasteiger partial charge is 0.251 e. The van der Waals surface area contributed by atoms with Crippen molar-refractivity contribution in [3.05, 3.63) is 59.8 Å². The van der Waals surface area contributed by atoms with Gasteiger partial charge in [-0.1, -0.05) is 30.4 Å². The summed E-state index contributed by atoms with van der Waals surface area (Å²) >= 11 is 1.59. The number of rotatable bonds is 6. The highest BCUT2D eigenvalue weighted by Gasteiger charge is 2.29. The van der Waals surface area contributed by atoms with Gasteiger partial charge in [0.25, 0.3) is 5.91 Å². The molecule has 2 aromatic carbocycles. The summed E-state index contributed by atoms with van der Waals surface area (Å²) in [5.41, 5.74) is 4.31. The van der Waals surface area contributed by atoms with E-state index in [1.807, 2.05) is 36.5 Å². The number of aromatic nitrogens is 2. The van der Waals surface area contributed by atoms with E-state index >= 15 is 0 Å². The number of benzene rings is 2. The van der Waals surface area contributed by atoms with Gasteiger partial charge in [0.05, 0.1) is 15.9 Å². The SMILES string of the molecule is CNC(=O)c1ccc(-c2cn3c(n2)sc2cc(C(=O)C[C@H](C)C4CC4)ccc23)cc1. The molecule has 1 fully saturated rings. The third kappa shape index (κ3) is 3.41. The Bertz CT molecular complexity index is 1270. The molecule has 4 aromatic rings. The second-order valence-corrected chi connectivity index (χ2v) is 9.17. The molecule has 1 atom stereocenters. The maximum absolute atomic E-state index is 12.7. The van der Waals surface area contributed by atoms with E-state index in [-0.39, 0.29) is 11.7 Å². The van der Waals surface area contributed by atoms with Crippen LogP contribution in [-0.2, 0) is 0 Å². The molecule has 1 aliphatic rings. The predicted molar refractivity (Wildman–Crippen MR) is 120 cm³/mol. The lowest BCUT2D eigenvalue weighted by atomic mass is 9.96. The first kappa shape index (κ1) is 19.0. The van der Waals surface area contributed by atoms with E-state index in [9.17, 15) is 9.59 Å². The maximum Gasteiger partial charge on any atom is 0.251 e. The van der Waals surface area contributed by atoms with Crippen LogP contribution in [0.2, 0.25) is 0 Å². The highest BCUT2D eigenvalue weighted by atomic mass is 32.1. The number of fused-ring (bicyclic) bond motifs is 3. The lowest BCUT2D eigenvalue weighted by molar-refractivity contribution is 0.0953. The van der Waals surface area contributed by atoms with E-state index in [4.69, 9.17) is 4.98 Å². The molecule has 0 unspecified atom stereocenters. The van der Waals surface area contributed by atoms with Gasteiger partial charge < -0.3 is 5.32 Å². The summed E-state index contributed by atoms with van der Waals surface area (Å²) in [6.45, 7) is 2.19. The van der Waals surface area contributed by atoms with Crippen molar-refractivity contribution in [1.82, 2.24) is 14.7 Å². The Labute approximate surface area is 178 Å². The van der Waals surface area contributed by atoms with Gasteiger partial charge in [-0.15, -0.1) is 0 Å². The molecular formula is C24H23N3O2S. The zero-order valence-corrected chi connectivity index (χ0v) is 17.8. The van der Waals surface area contributed by atoms with Crippen LogP contribution in [0.15, 0.2) is 48.7 Å². The largest absolute Gasteiger partial charge is 0.355 e. The Balaban J connectivity index is 1.43. The molecule has 5 rings (SSSR count). The van der Waals surface area contributed by atoms with E-state index < -0.39 is 0 Å². The van der Waals surface area contributed by atoms with Crippen LogP contribution in [-0.4, -0.2) is 28.1 Å². The molecule has 0 aliphatic heterocycles. The van der Waals surface area contributed by atoms with Crippen LogP contribution in [0.5, 0.6) is 0 Å². The number of imidazole rings is 1. The molecule has 152 valence electrons. The van der Waals surface area contributed by atoms with Crippen molar-refractivity contribution in [2.24, 2.45) is 11.8 Å². The normalized spacial score (nSPS) is 14.9. The quantitative estimate of drug-likeness (QED) is 0.439. The van der Waals surface area contributed by atoms with Crippen molar-refractivity contribution in [3.8, 4) is 11.3 Å². The van der Waals surface area contributed by atoms with E-state index in [1.54, 1.807) is 30.5 Å². The van der Waals surface area contributed by atoms with E-state index in [0.29, 0.717) is 17.9 Å². The van der Waals surface area contributed by atoms with Crippen molar-refractivity contribution in [1.29, 1.82) is 0 Å². The van der Waals surface area contributed by atoms with Gasteiger partial charge in [-0.3, -0.25) is 14.0 Å². The van der Waals surface area contributed by atoms with Gasteiger partial charge in [0.1, 0.15) is 0 Å². The predicted octanol–water partition coefficient (Wildman–Crippen LogP) is 5.19. The standard InChI is InChI=1S/C24H23N3O2S/c1-14(15-3-4-15)11-21(28)18-9-10-20-22(12-18)30-24-26-19(13-27(20)24)16-5-7-17(8-6-16)23(29)25-2/h5-10,12-15H,3-4,11H2,1-2H3,(H,25,29)/t14-/m0/s1. The third-order valence-corrected chi connectivity index (χ3v) is 7.04. The first-order chi connectivity index (χ1) is 14.5. The van der Waals surface area contributed by atoms with Gasteiger partial charge in [-0.2, -0.15) is 0 Å². The number of nitrogens with zero attached hydrogens (tertiary/aromatic N) is 2.